The van der Waals surface area contributed by atoms with Crippen LogP contribution in [0.15, 0.2) is 12.2 Å². The van der Waals surface area contributed by atoms with Gasteiger partial charge in [0.25, 0.3) is 0 Å². The molecule has 86 valence electrons. The number of hydrogen-bond donors (Lipinski definition) is 2. The van der Waals surface area contributed by atoms with Crippen molar-refractivity contribution < 1.29 is 4.79 Å². The van der Waals surface area contributed by atoms with E-state index in [0.717, 1.165) is 32.1 Å². The van der Waals surface area contributed by atoms with Crippen LogP contribution in [0.3, 0.4) is 0 Å². The van der Waals surface area contributed by atoms with Crippen LogP contribution in [0, 0.1) is 0 Å². The summed E-state index contributed by atoms with van der Waals surface area (Å²) in [5.41, 5.74) is 0. The van der Waals surface area contributed by atoms with Gasteiger partial charge in [-0.3, -0.25) is 4.79 Å². The molecule has 0 heterocycles. The maximum atomic E-state index is 11.8. The predicted molar refractivity (Wildman–Crippen MR) is 62.7 cm³/mol. The molecule has 1 amide bonds. The Bertz CT molecular complexity index is 226. The van der Waals surface area contributed by atoms with Crippen molar-refractivity contribution in [3.05, 3.63) is 12.2 Å². The standard InChI is InChI=1S/C12H22N2O/c1-3-4-9-11(13-2)12(15)14-10-7-5-6-8-10/h5,7,10-11,13H,3-4,6,8-9H2,1-2H3,(H,14,15). The summed E-state index contributed by atoms with van der Waals surface area (Å²) in [6, 6.07) is 0.230. The molecule has 1 rings (SSSR count). The van der Waals surface area contributed by atoms with Crippen LogP contribution in [-0.4, -0.2) is 25.0 Å². The lowest BCUT2D eigenvalue weighted by atomic mass is 10.1. The third-order valence-corrected chi connectivity index (χ3v) is 2.85. The Labute approximate surface area is 92.3 Å². The number of hydrogen-bond acceptors (Lipinski definition) is 2. The first-order valence-corrected chi connectivity index (χ1v) is 5.92. The Balaban J connectivity index is 2.31. The van der Waals surface area contributed by atoms with E-state index in [-0.39, 0.29) is 18.0 Å². The predicted octanol–water partition coefficient (Wildman–Crippen LogP) is 1.60. The topological polar surface area (TPSA) is 41.1 Å². The molecule has 15 heavy (non-hydrogen) atoms. The van der Waals surface area contributed by atoms with Crippen LogP contribution in [0.4, 0.5) is 0 Å². The average molecular weight is 210 g/mol. The van der Waals surface area contributed by atoms with Gasteiger partial charge in [0.15, 0.2) is 0 Å². The third-order valence-electron chi connectivity index (χ3n) is 2.85. The highest BCUT2D eigenvalue weighted by Gasteiger charge is 2.19. The monoisotopic (exact) mass is 210 g/mol. The molecule has 0 saturated carbocycles. The van der Waals surface area contributed by atoms with E-state index in [9.17, 15) is 4.79 Å². The summed E-state index contributed by atoms with van der Waals surface area (Å²) < 4.78 is 0. The summed E-state index contributed by atoms with van der Waals surface area (Å²) in [4.78, 5) is 11.8. The lowest BCUT2D eigenvalue weighted by molar-refractivity contribution is -0.123. The molecule has 0 aromatic carbocycles. The molecule has 3 nitrogen and oxygen atoms in total. The molecule has 0 aliphatic heterocycles. The van der Waals surface area contributed by atoms with E-state index in [4.69, 9.17) is 0 Å². The van der Waals surface area contributed by atoms with Crippen molar-refractivity contribution in [3.63, 3.8) is 0 Å². The first-order chi connectivity index (χ1) is 7.27. The van der Waals surface area contributed by atoms with E-state index in [1.165, 1.54) is 0 Å². The number of unbranched alkanes of at least 4 members (excludes halogenated alkanes) is 1. The van der Waals surface area contributed by atoms with E-state index < -0.39 is 0 Å². The fourth-order valence-corrected chi connectivity index (χ4v) is 1.85. The number of rotatable bonds is 6. The minimum atomic E-state index is -0.0288. The number of allylic oxidation sites excluding steroid dienone is 1. The lowest BCUT2D eigenvalue weighted by Crippen LogP contribution is -2.45. The molecule has 0 bridgehead atoms. The fraction of sp³-hybridized carbons (Fsp3) is 0.750. The quantitative estimate of drug-likeness (QED) is 0.654. The van der Waals surface area contributed by atoms with E-state index in [1.54, 1.807) is 0 Å². The minimum absolute atomic E-state index is 0.0288. The number of amides is 1. The molecule has 0 aromatic heterocycles. The number of carbonyl (C=O) groups is 1. The zero-order valence-electron chi connectivity index (χ0n) is 9.75. The van der Waals surface area contributed by atoms with Crippen molar-refractivity contribution in [3.8, 4) is 0 Å². The van der Waals surface area contributed by atoms with Gasteiger partial charge in [0, 0.05) is 6.04 Å². The van der Waals surface area contributed by atoms with Gasteiger partial charge in [-0.2, -0.15) is 0 Å². The van der Waals surface area contributed by atoms with Gasteiger partial charge in [0.05, 0.1) is 6.04 Å². The highest BCUT2D eigenvalue weighted by Crippen LogP contribution is 2.09. The van der Waals surface area contributed by atoms with Crippen LogP contribution >= 0.6 is 0 Å². The number of likely N-dealkylation sites (N-methyl/N-ethyl adjacent to an activating group) is 1. The normalized spacial score (nSPS) is 21.6. The Kier molecular flexibility index (Phi) is 5.40. The van der Waals surface area contributed by atoms with E-state index in [2.05, 4.69) is 29.7 Å². The molecule has 3 heteroatoms. The first-order valence-electron chi connectivity index (χ1n) is 5.92. The summed E-state index contributed by atoms with van der Waals surface area (Å²) in [7, 11) is 1.85. The molecule has 0 spiro atoms. The summed E-state index contributed by atoms with van der Waals surface area (Å²) in [6.07, 6.45) is 9.51. The van der Waals surface area contributed by atoms with Gasteiger partial charge in [0.1, 0.15) is 0 Å². The highest BCUT2D eigenvalue weighted by atomic mass is 16.2. The van der Waals surface area contributed by atoms with Crippen LogP contribution in [-0.2, 0) is 4.79 Å². The molecule has 0 aromatic rings. The summed E-state index contributed by atoms with van der Waals surface area (Å²) in [5.74, 6) is 0.141. The molecule has 1 aliphatic rings. The summed E-state index contributed by atoms with van der Waals surface area (Å²) >= 11 is 0. The van der Waals surface area contributed by atoms with Gasteiger partial charge in [0.2, 0.25) is 5.91 Å². The summed E-state index contributed by atoms with van der Waals surface area (Å²) in [5, 5.41) is 6.12. The van der Waals surface area contributed by atoms with Gasteiger partial charge < -0.3 is 10.6 Å². The number of carbonyl (C=O) groups excluding carboxylic acids is 1. The molecule has 0 fully saturated rings. The second-order valence-corrected chi connectivity index (χ2v) is 4.10. The van der Waals surface area contributed by atoms with Crippen LogP contribution in [0.25, 0.3) is 0 Å². The van der Waals surface area contributed by atoms with Crippen molar-refractivity contribution >= 4 is 5.91 Å². The van der Waals surface area contributed by atoms with Gasteiger partial charge in [-0.15, -0.1) is 0 Å². The second-order valence-electron chi connectivity index (χ2n) is 4.10. The maximum Gasteiger partial charge on any atom is 0.237 e. The Hall–Kier alpha value is -0.830. The maximum absolute atomic E-state index is 11.8. The average Bonchev–Trinajstić information content (AvgIpc) is 2.71. The fourth-order valence-electron chi connectivity index (χ4n) is 1.85. The van der Waals surface area contributed by atoms with Crippen LogP contribution < -0.4 is 10.6 Å². The minimum Gasteiger partial charge on any atom is -0.349 e. The first kappa shape index (κ1) is 12.2. The molecular formula is C12H22N2O. The van der Waals surface area contributed by atoms with Crippen LogP contribution in [0.1, 0.15) is 39.0 Å². The molecule has 0 radical (unpaired) electrons. The van der Waals surface area contributed by atoms with E-state index in [0.29, 0.717) is 0 Å². The Morgan fingerprint density at radius 3 is 2.93 bits per heavy atom. The second kappa shape index (κ2) is 6.62. The molecule has 2 atom stereocenters. The Morgan fingerprint density at radius 1 is 1.60 bits per heavy atom. The van der Waals surface area contributed by atoms with Crippen LogP contribution in [0.2, 0.25) is 0 Å². The smallest absolute Gasteiger partial charge is 0.237 e. The largest absolute Gasteiger partial charge is 0.349 e. The van der Waals surface area contributed by atoms with Crippen molar-refractivity contribution in [2.45, 2.75) is 51.1 Å². The zero-order chi connectivity index (χ0) is 11.1. The molecule has 0 saturated heterocycles. The molecule has 1 aliphatic carbocycles. The van der Waals surface area contributed by atoms with E-state index >= 15 is 0 Å². The SMILES string of the molecule is CCCCC(NC)C(=O)NC1C=CCC1. The van der Waals surface area contributed by atoms with Gasteiger partial charge >= 0.3 is 0 Å². The van der Waals surface area contributed by atoms with Crippen molar-refractivity contribution in [2.75, 3.05) is 7.05 Å². The molecule has 2 unspecified atom stereocenters. The zero-order valence-corrected chi connectivity index (χ0v) is 9.75. The summed E-state index contributed by atoms with van der Waals surface area (Å²) in [6.45, 7) is 2.14. The van der Waals surface area contributed by atoms with Gasteiger partial charge in [-0.25, -0.2) is 0 Å². The van der Waals surface area contributed by atoms with Gasteiger partial charge in [-0.1, -0.05) is 31.9 Å². The van der Waals surface area contributed by atoms with Crippen molar-refractivity contribution in [2.24, 2.45) is 0 Å². The number of nitrogens with one attached hydrogen (secondary N) is 2. The Morgan fingerprint density at radius 2 is 2.40 bits per heavy atom. The van der Waals surface area contributed by atoms with Crippen molar-refractivity contribution in [1.82, 2.24) is 10.6 Å². The molecule has 2 N–H and O–H groups in total. The van der Waals surface area contributed by atoms with Crippen LogP contribution in [0.5, 0.6) is 0 Å². The third kappa shape index (κ3) is 4.04. The van der Waals surface area contributed by atoms with Crippen molar-refractivity contribution in [1.29, 1.82) is 0 Å². The highest BCUT2D eigenvalue weighted by molar-refractivity contribution is 5.82. The lowest BCUT2D eigenvalue weighted by Gasteiger charge is -2.18. The van der Waals surface area contributed by atoms with E-state index in [1.807, 2.05) is 7.05 Å². The van der Waals surface area contributed by atoms with Gasteiger partial charge in [-0.05, 0) is 26.3 Å². The molecular weight excluding hydrogens is 188 g/mol.